The molecule has 0 bridgehead atoms. The lowest BCUT2D eigenvalue weighted by Gasteiger charge is -2.32. The summed E-state index contributed by atoms with van der Waals surface area (Å²) in [6.07, 6.45) is 2.01. The number of nitrogens with two attached hydrogens (primary N) is 1. The van der Waals surface area contributed by atoms with Crippen molar-refractivity contribution in [1.82, 2.24) is 10.2 Å². The van der Waals surface area contributed by atoms with Crippen LogP contribution in [0.5, 0.6) is 5.75 Å². The van der Waals surface area contributed by atoms with E-state index in [4.69, 9.17) is 10.5 Å². The van der Waals surface area contributed by atoms with Gasteiger partial charge in [-0.15, -0.1) is 0 Å². The van der Waals surface area contributed by atoms with Crippen molar-refractivity contribution in [1.29, 1.82) is 0 Å². The van der Waals surface area contributed by atoms with Crippen LogP contribution in [0.1, 0.15) is 25.3 Å². The van der Waals surface area contributed by atoms with Crippen LogP contribution < -0.4 is 15.8 Å². The van der Waals surface area contributed by atoms with E-state index >= 15 is 0 Å². The van der Waals surface area contributed by atoms with Gasteiger partial charge in [0.25, 0.3) is 0 Å². The molecule has 1 heterocycles. The highest BCUT2D eigenvalue weighted by Gasteiger charge is 2.25. The standard InChI is InChI=1S/C17H27N3O2/c1-2-22-16-8-4-3-6-14(16)12-20-11-5-7-15(13-20)17(21)19-10-9-18/h3-4,6,8,15H,2,5,7,9-13,18H2,1H3,(H,19,21). The normalized spacial score (nSPS) is 18.9. The maximum Gasteiger partial charge on any atom is 0.224 e. The van der Waals surface area contributed by atoms with E-state index in [0.717, 1.165) is 38.2 Å². The molecule has 1 unspecified atom stereocenters. The van der Waals surface area contributed by atoms with Crippen LogP contribution in [-0.4, -0.2) is 43.6 Å². The van der Waals surface area contributed by atoms with Crippen LogP contribution in [0.4, 0.5) is 0 Å². The smallest absolute Gasteiger partial charge is 0.224 e. The van der Waals surface area contributed by atoms with E-state index in [-0.39, 0.29) is 11.8 Å². The molecule has 0 aromatic heterocycles. The summed E-state index contributed by atoms with van der Waals surface area (Å²) in [7, 11) is 0. The first kappa shape index (κ1) is 16.8. The molecule has 0 aliphatic carbocycles. The third kappa shape index (κ3) is 4.71. The van der Waals surface area contributed by atoms with Gasteiger partial charge in [0.15, 0.2) is 0 Å². The Morgan fingerprint density at radius 1 is 1.45 bits per heavy atom. The highest BCUT2D eigenvalue weighted by molar-refractivity contribution is 5.78. The van der Waals surface area contributed by atoms with Crippen molar-refractivity contribution in [3.63, 3.8) is 0 Å². The second-order valence-corrected chi connectivity index (χ2v) is 5.69. The largest absolute Gasteiger partial charge is 0.494 e. The van der Waals surface area contributed by atoms with E-state index in [1.54, 1.807) is 0 Å². The topological polar surface area (TPSA) is 67.6 Å². The number of nitrogens with zero attached hydrogens (tertiary/aromatic N) is 1. The lowest BCUT2D eigenvalue weighted by atomic mass is 9.96. The first-order valence-electron chi connectivity index (χ1n) is 8.15. The van der Waals surface area contributed by atoms with Gasteiger partial charge in [0.05, 0.1) is 12.5 Å². The first-order chi connectivity index (χ1) is 10.7. The molecule has 5 nitrogen and oxygen atoms in total. The Labute approximate surface area is 132 Å². The average molecular weight is 305 g/mol. The number of rotatable bonds is 7. The van der Waals surface area contributed by atoms with Crippen LogP contribution in [0.15, 0.2) is 24.3 Å². The van der Waals surface area contributed by atoms with E-state index in [1.165, 1.54) is 5.56 Å². The summed E-state index contributed by atoms with van der Waals surface area (Å²) in [5.41, 5.74) is 6.63. The SMILES string of the molecule is CCOc1ccccc1CN1CCCC(C(=O)NCCN)C1. The number of hydrogen-bond donors (Lipinski definition) is 2. The summed E-state index contributed by atoms with van der Waals surface area (Å²) < 4.78 is 5.69. The Balaban J connectivity index is 1.94. The van der Waals surface area contributed by atoms with Gasteiger partial charge in [0.1, 0.15) is 5.75 Å². The molecule has 2 rings (SSSR count). The van der Waals surface area contributed by atoms with E-state index in [1.807, 2.05) is 25.1 Å². The summed E-state index contributed by atoms with van der Waals surface area (Å²) in [6.45, 7) is 6.37. The molecule has 1 aliphatic heterocycles. The number of nitrogens with one attached hydrogen (secondary N) is 1. The summed E-state index contributed by atoms with van der Waals surface area (Å²) in [6, 6.07) is 8.14. The number of carbonyl (C=O) groups is 1. The molecule has 3 N–H and O–H groups in total. The van der Waals surface area contributed by atoms with Crippen LogP contribution in [0.3, 0.4) is 0 Å². The summed E-state index contributed by atoms with van der Waals surface area (Å²) >= 11 is 0. The van der Waals surface area contributed by atoms with Crippen LogP contribution in [-0.2, 0) is 11.3 Å². The second kappa shape index (κ2) is 8.76. The minimum absolute atomic E-state index is 0.0690. The number of carbonyl (C=O) groups excluding carboxylic acids is 1. The number of benzene rings is 1. The minimum atomic E-state index is 0.0690. The molecule has 1 amide bonds. The Bertz CT molecular complexity index is 479. The second-order valence-electron chi connectivity index (χ2n) is 5.69. The maximum atomic E-state index is 12.1. The molecule has 5 heteroatoms. The van der Waals surface area contributed by atoms with Crippen LogP contribution in [0, 0.1) is 5.92 Å². The fraction of sp³-hybridized carbons (Fsp3) is 0.588. The van der Waals surface area contributed by atoms with Crippen molar-refractivity contribution in [2.75, 3.05) is 32.8 Å². The van der Waals surface area contributed by atoms with Gasteiger partial charge in [-0.3, -0.25) is 9.69 Å². The van der Waals surface area contributed by atoms with E-state index < -0.39 is 0 Å². The number of amides is 1. The van der Waals surface area contributed by atoms with Crippen molar-refractivity contribution in [2.45, 2.75) is 26.3 Å². The van der Waals surface area contributed by atoms with Crippen molar-refractivity contribution < 1.29 is 9.53 Å². The van der Waals surface area contributed by atoms with Gasteiger partial charge in [-0.25, -0.2) is 0 Å². The average Bonchev–Trinajstić information content (AvgIpc) is 2.55. The van der Waals surface area contributed by atoms with Crippen molar-refractivity contribution in [2.24, 2.45) is 11.7 Å². The Kier molecular flexibility index (Phi) is 6.68. The molecule has 1 saturated heterocycles. The van der Waals surface area contributed by atoms with Crippen LogP contribution in [0.25, 0.3) is 0 Å². The molecule has 0 spiro atoms. The summed E-state index contributed by atoms with van der Waals surface area (Å²) in [5, 5.41) is 2.90. The Morgan fingerprint density at radius 2 is 2.27 bits per heavy atom. The highest BCUT2D eigenvalue weighted by Crippen LogP contribution is 2.23. The van der Waals surface area contributed by atoms with E-state index in [9.17, 15) is 4.79 Å². The van der Waals surface area contributed by atoms with Gasteiger partial charge >= 0.3 is 0 Å². The maximum absolute atomic E-state index is 12.1. The summed E-state index contributed by atoms with van der Waals surface area (Å²) in [5.74, 6) is 1.15. The monoisotopic (exact) mass is 305 g/mol. The van der Waals surface area contributed by atoms with Crippen molar-refractivity contribution >= 4 is 5.91 Å². The van der Waals surface area contributed by atoms with Gasteiger partial charge in [-0.2, -0.15) is 0 Å². The van der Waals surface area contributed by atoms with Crippen LogP contribution in [0.2, 0.25) is 0 Å². The molecule has 1 fully saturated rings. The molecular formula is C17H27N3O2. The third-order valence-electron chi connectivity index (χ3n) is 3.99. The Morgan fingerprint density at radius 3 is 3.05 bits per heavy atom. The fourth-order valence-electron chi connectivity index (χ4n) is 2.92. The fourth-order valence-corrected chi connectivity index (χ4v) is 2.92. The van der Waals surface area contributed by atoms with E-state index in [2.05, 4.69) is 16.3 Å². The zero-order chi connectivity index (χ0) is 15.8. The number of ether oxygens (including phenoxy) is 1. The van der Waals surface area contributed by atoms with Crippen molar-refractivity contribution in [3.05, 3.63) is 29.8 Å². The minimum Gasteiger partial charge on any atom is -0.494 e. The molecule has 1 atom stereocenters. The summed E-state index contributed by atoms with van der Waals surface area (Å²) in [4.78, 5) is 14.4. The van der Waals surface area contributed by atoms with Gasteiger partial charge in [-0.1, -0.05) is 18.2 Å². The van der Waals surface area contributed by atoms with Gasteiger partial charge in [0.2, 0.25) is 5.91 Å². The molecule has 0 radical (unpaired) electrons. The number of piperidine rings is 1. The van der Waals surface area contributed by atoms with Crippen LogP contribution >= 0.6 is 0 Å². The quantitative estimate of drug-likeness (QED) is 0.798. The van der Waals surface area contributed by atoms with E-state index in [0.29, 0.717) is 19.7 Å². The van der Waals surface area contributed by atoms with Gasteiger partial charge in [-0.05, 0) is 32.4 Å². The lowest BCUT2D eigenvalue weighted by molar-refractivity contribution is -0.126. The molecular weight excluding hydrogens is 278 g/mol. The molecule has 1 aromatic carbocycles. The number of likely N-dealkylation sites (tertiary alicyclic amines) is 1. The molecule has 0 saturated carbocycles. The molecule has 1 aromatic rings. The van der Waals surface area contributed by atoms with Gasteiger partial charge in [0, 0.05) is 31.7 Å². The highest BCUT2D eigenvalue weighted by atomic mass is 16.5. The van der Waals surface area contributed by atoms with Gasteiger partial charge < -0.3 is 15.8 Å². The lowest BCUT2D eigenvalue weighted by Crippen LogP contribution is -2.43. The predicted octanol–water partition coefficient (Wildman–Crippen LogP) is 1.37. The third-order valence-corrected chi connectivity index (χ3v) is 3.99. The molecule has 122 valence electrons. The van der Waals surface area contributed by atoms with Crippen molar-refractivity contribution in [3.8, 4) is 5.75 Å². The predicted molar refractivity (Wildman–Crippen MR) is 87.7 cm³/mol. The Hall–Kier alpha value is -1.59. The zero-order valence-corrected chi connectivity index (χ0v) is 13.4. The number of hydrogen-bond acceptors (Lipinski definition) is 4. The zero-order valence-electron chi connectivity index (χ0n) is 13.4. The first-order valence-corrected chi connectivity index (χ1v) is 8.15. The molecule has 22 heavy (non-hydrogen) atoms. The number of para-hydroxylation sites is 1. The molecule has 1 aliphatic rings.